The fourth-order valence-corrected chi connectivity index (χ4v) is 2.34. The maximum Gasteiger partial charge on any atom is 0.413 e. The van der Waals surface area contributed by atoms with E-state index in [4.69, 9.17) is 0 Å². The molecule has 1 aromatic rings. The van der Waals surface area contributed by atoms with Gasteiger partial charge in [-0.1, -0.05) is 6.07 Å². The minimum atomic E-state index is -4.57. The van der Waals surface area contributed by atoms with Crippen LogP contribution in [-0.2, 0) is 11.4 Å². The molecule has 0 radical (unpaired) electrons. The second kappa shape index (κ2) is 5.99. The average Bonchev–Trinajstić information content (AvgIpc) is 2.22. The number of hydrogen-bond donors (Lipinski definition) is 1. The Bertz CT molecular complexity index is 437. The van der Waals surface area contributed by atoms with Gasteiger partial charge in [0.2, 0.25) is 0 Å². The first kappa shape index (κ1) is 16.7. The fraction of sp³-hybridized carbons (Fsp3) is 0.545. The Morgan fingerprint density at radius 3 is 2.32 bits per heavy atom. The first-order valence-electron chi connectivity index (χ1n) is 5.39. The van der Waals surface area contributed by atoms with Gasteiger partial charge in [-0.15, -0.1) is 4.72 Å². The van der Waals surface area contributed by atoms with Crippen molar-refractivity contribution in [3.63, 3.8) is 0 Å². The highest BCUT2D eigenvalue weighted by atomic mass is 79.9. The first-order valence-corrected chi connectivity index (χ1v) is 7.33. The summed E-state index contributed by atoms with van der Waals surface area (Å²) in [5, 5.41) is 0. The molecule has 0 unspecified atom stereocenters. The molecule has 1 rings (SSSR count). The molecule has 0 aliphatic heterocycles. The number of nitrogens with one attached hydrogen (secondary N) is 1. The first-order chi connectivity index (χ1) is 8.51. The van der Waals surface area contributed by atoms with Crippen molar-refractivity contribution in [2.75, 3.05) is 0 Å². The van der Waals surface area contributed by atoms with Gasteiger partial charge >= 0.3 is 6.18 Å². The van der Waals surface area contributed by atoms with E-state index in [-0.39, 0.29) is 5.69 Å². The van der Waals surface area contributed by atoms with Gasteiger partial charge in [0, 0.05) is 11.4 Å². The quantitative estimate of drug-likeness (QED) is 0.664. The summed E-state index contributed by atoms with van der Waals surface area (Å²) in [6.07, 6.45) is -4.57. The van der Waals surface area contributed by atoms with Gasteiger partial charge in [-0.3, -0.25) is 0 Å². The van der Waals surface area contributed by atoms with Crippen LogP contribution in [0.3, 0.4) is 0 Å². The number of pyridine rings is 1. The Balaban J connectivity index is 3.04. The Hall–Kier alpha value is -0.310. The molecule has 0 saturated heterocycles. The third-order valence-corrected chi connectivity index (χ3v) is 4.14. The average molecular weight is 359 g/mol. The Morgan fingerprint density at radius 1 is 1.32 bits per heavy atom. The molecule has 0 fully saturated rings. The van der Waals surface area contributed by atoms with Crippen LogP contribution < -0.4 is 4.72 Å². The van der Waals surface area contributed by atoms with Gasteiger partial charge in [0.1, 0.15) is 9.35 Å². The molecule has 3 nitrogen and oxygen atoms in total. The van der Waals surface area contributed by atoms with E-state index in [1.165, 1.54) is 18.2 Å². The van der Waals surface area contributed by atoms with Crippen LogP contribution in [0.15, 0.2) is 22.8 Å². The zero-order valence-electron chi connectivity index (χ0n) is 10.6. The molecular weight excluding hydrogens is 345 g/mol. The molecule has 2 atom stereocenters. The smallest absolute Gasteiger partial charge is 0.413 e. The molecule has 0 aromatic carbocycles. The summed E-state index contributed by atoms with van der Waals surface area (Å²) in [5.41, 5.74) is -0.223. The lowest BCUT2D eigenvalue weighted by Crippen LogP contribution is -2.46. The van der Waals surface area contributed by atoms with Crippen LogP contribution in [0.2, 0.25) is 0 Å². The normalized spacial score (nSPS) is 16.2. The van der Waals surface area contributed by atoms with Crippen molar-refractivity contribution < 1.29 is 17.7 Å². The van der Waals surface area contributed by atoms with E-state index in [2.05, 4.69) is 25.6 Å². The molecule has 0 spiro atoms. The molecule has 0 aliphatic rings. The van der Waals surface area contributed by atoms with Crippen molar-refractivity contribution >= 4 is 27.3 Å². The van der Waals surface area contributed by atoms with E-state index in [9.17, 15) is 17.7 Å². The zero-order valence-corrected chi connectivity index (χ0v) is 13.0. The highest BCUT2D eigenvalue weighted by molar-refractivity contribution is 9.10. The minimum Gasteiger partial charge on any atom is -0.598 e. The molecule has 8 heteroatoms. The summed E-state index contributed by atoms with van der Waals surface area (Å²) in [6, 6.07) is 2.16. The summed E-state index contributed by atoms with van der Waals surface area (Å²) in [6.45, 7) is 4.79. The second-order valence-electron chi connectivity index (χ2n) is 4.86. The van der Waals surface area contributed by atoms with Crippen molar-refractivity contribution in [3.05, 3.63) is 28.5 Å². The van der Waals surface area contributed by atoms with Crippen molar-refractivity contribution in [2.24, 2.45) is 0 Å². The number of halogens is 4. The van der Waals surface area contributed by atoms with E-state index in [1.54, 1.807) is 20.8 Å². The molecule has 1 N–H and O–H groups in total. The molecule has 0 aliphatic carbocycles. The van der Waals surface area contributed by atoms with E-state index in [0.29, 0.717) is 4.60 Å². The molecule has 1 aromatic heterocycles. The van der Waals surface area contributed by atoms with Crippen molar-refractivity contribution in [1.82, 2.24) is 9.71 Å². The maximum atomic E-state index is 13.0. The lowest BCUT2D eigenvalue weighted by Gasteiger charge is -2.28. The zero-order chi connectivity index (χ0) is 14.8. The van der Waals surface area contributed by atoms with Crippen molar-refractivity contribution in [3.8, 4) is 0 Å². The van der Waals surface area contributed by atoms with Crippen LogP contribution in [0.4, 0.5) is 13.2 Å². The van der Waals surface area contributed by atoms with Gasteiger partial charge in [-0.25, -0.2) is 4.98 Å². The Labute approximate surface area is 121 Å². The molecule has 1 heterocycles. The molecular formula is C11H14BrF3N2OS. The van der Waals surface area contributed by atoms with Crippen LogP contribution in [-0.4, -0.2) is 20.5 Å². The predicted octanol–water partition coefficient (Wildman–Crippen LogP) is 3.50. The summed E-state index contributed by atoms with van der Waals surface area (Å²) in [5.74, 6) is 0. The fourth-order valence-electron chi connectivity index (χ4n) is 1.16. The lowest BCUT2D eigenvalue weighted by atomic mass is 10.2. The highest BCUT2D eigenvalue weighted by Crippen LogP contribution is 2.34. The summed E-state index contributed by atoms with van der Waals surface area (Å²) < 4.78 is 52.5. The predicted molar refractivity (Wildman–Crippen MR) is 71.8 cm³/mol. The van der Waals surface area contributed by atoms with Gasteiger partial charge in [-0.05, 0) is 48.8 Å². The van der Waals surface area contributed by atoms with Crippen molar-refractivity contribution in [2.45, 2.75) is 37.7 Å². The van der Waals surface area contributed by atoms with Gasteiger partial charge in [0.05, 0.1) is 5.69 Å². The van der Waals surface area contributed by atoms with Gasteiger partial charge in [0.15, 0.2) is 6.04 Å². The van der Waals surface area contributed by atoms with Crippen LogP contribution in [0.1, 0.15) is 32.5 Å². The molecule has 19 heavy (non-hydrogen) atoms. The standard InChI is InChI=1S/C11H14BrF3N2OS/c1-10(2,3)19(18)17-9(11(13,14)15)7-5-4-6-8(12)16-7/h4-6,9,17H,1-3H3/t9-,19+/m1/s1. The summed E-state index contributed by atoms with van der Waals surface area (Å²) in [4.78, 5) is 3.77. The third kappa shape index (κ3) is 4.94. The molecule has 108 valence electrons. The monoisotopic (exact) mass is 358 g/mol. The number of alkyl halides is 3. The lowest BCUT2D eigenvalue weighted by molar-refractivity contribution is -0.153. The van der Waals surface area contributed by atoms with Crippen LogP contribution in [0, 0.1) is 0 Å². The number of hydrogen-bond acceptors (Lipinski definition) is 3. The van der Waals surface area contributed by atoms with E-state index < -0.39 is 28.3 Å². The van der Waals surface area contributed by atoms with E-state index >= 15 is 0 Å². The van der Waals surface area contributed by atoms with Gasteiger partial charge in [0.25, 0.3) is 0 Å². The second-order valence-corrected chi connectivity index (χ2v) is 7.67. The van der Waals surface area contributed by atoms with Gasteiger partial charge < -0.3 is 4.55 Å². The minimum absolute atomic E-state index is 0.223. The number of rotatable bonds is 3. The largest absolute Gasteiger partial charge is 0.598 e. The van der Waals surface area contributed by atoms with E-state index in [1.807, 2.05) is 0 Å². The Kier molecular flexibility index (Phi) is 5.28. The highest BCUT2D eigenvalue weighted by Gasteiger charge is 2.46. The molecule has 0 amide bonds. The SMILES string of the molecule is CC(C)(C)[S@+]([O-])N[C@H](c1cccc(Br)n1)C(F)(F)F. The summed E-state index contributed by atoms with van der Waals surface area (Å²) >= 11 is 1.17. The van der Waals surface area contributed by atoms with Gasteiger partial charge in [-0.2, -0.15) is 13.2 Å². The molecule has 0 bridgehead atoms. The topological polar surface area (TPSA) is 48.0 Å². The molecule has 0 saturated carbocycles. The third-order valence-electron chi connectivity index (χ3n) is 2.14. The van der Waals surface area contributed by atoms with Crippen LogP contribution in [0.25, 0.3) is 0 Å². The van der Waals surface area contributed by atoms with Crippen molar-refractivity contribution in [1.29, 1.82) is 0 Å². The maximum absolute atomic E-state index is 13.0. The number of aromatic nitrogens is 1. The van der Waals surface area contributed by atoms with E-state index in [0.717, 1.165) is 0 Å². The summed E-state index contributed by atoms with van der Waals surface area (Å²) in [7, 11) is 0. The van der Waals surface area contributed by atoms with Crippen LogP contribution >= 0.6 is 15.9 Å². The van der Waals surface area contributed by atoms with Crippen LogP contribution in [0.5, 0.6) is 0 Å². The number of nitrogens with zero attached hydrogens (tertiary/aromatic N) is 1. The Morgan fingerprint density at radius 2 is 1.89 bits per heavy atom.